The van der Waals surface area contributed by atoms with Crippen molar-refractivity contribution in [3.8, 4) is 0 Å². The first kappa shape index (κ1) is 14.0. The topological polar surface area (TPSA) is 60.4 Å². The molecule has 0 radical (unpaired) electrons. The van der Waals surface area contributed by atoms with Crippen LogP contribution in [0.1, 0.15) is 21.8 Å². The molecule has 3 aromatic rings. The van der Waals surface area contributed by atoms with E-state index in [0.717, 1.165) is 15.8 Å². The summed E-state index contributed by atoms with van der Waals surface area (Å²) < 4.78 is 7.72. The molecule has 7 heteroatoms. The molecule has 21 heavy (non-hydrogen) atoms. The number of benzene rings is 1. The van der Waals surface area contributed by atoms with E-state index in [1.54, 1.807) is 13.0 Å². The summed E-state index contributed by atoms with van der Waals surface area (Å²) in [6.07, 6.45) is 0. The Bertz CT molecular complexity index is 920. The molecule has 5 nitrogen and oxygen atoms in total. The molecule has 0 bridgehead atoms. The van der Waals surface area contributed by atoms with Gasteiger partial charge in [-0.3, -0.25) is 4.79 Å². The number of carbonyl (C=O) groups excluding carboxylic acids is 1. The SMILES string of the molecule is Cc1cc(C(=O)N=c2sc3c(Cl)ccc(C)c3n2C)on1. The largest absolute Gasteiger partial charge is 0.351 e. The average Bonchev–Trinajstić information content (AvgIpc) is 3.00. The van der Waals surface area contributed by atoms with Crippen molar-refractivity contribution in [3.63, 3.8) is 0 Å². The molecule has 0 unspecified atom stereocenters. The van der Waals surface area contributed by atoms with Crippen molar-refractivity contribution < 1.29 is 9.32 Å². The van der Waals surface area contributed by atoms with E-state index in [0.29, 0.717) is 15.5 Å². The van der Waals surface area contributed by atoms with Gasteiger partial charge in [-0.2, -0.15) is 4.99 Å². The number of hydrogen-bond donors (Lipinski definition) is 0. The van der Waals surface area contributed by atoms with Gasteiger partial charge >= 0.3 is 5.91 Å². The number of amides is 1. The second-order valence-corrected chi connectivity index (χ2v) is 6.12. The molecule has 0 saturated carbocycles. The fourth-order valence-electron chi connectivity index (χ4n) is 2.12. The van der Waals surface area contributed by atoms with E-state index in [1.165, 1.54) is 11.3 Å². The number of carbonyl (C=O) groups is 1. The van der Waals surface area contributed by atoms with Gasteiger partial charge in [0.15, 0.2) is 4.80 Å². The van der Waals surface area contributed by atoms with Crippen molar-refractivity contribution in [2.45, 2.75) is 13.8 Å². The number of aromatic nitrogens is 2. The van der Waals surface area contributed by atoms with Crippen molar-refractivity contribution in [3.05, 3.63) is 45.0 Å². The first-order valence-corrected chi connectivity index (χ1v) is 7.44. The van der Waals surface area contributed by atoms with Gasteiger partial charge in [-0.25, -0.2) is 0 Å². The Kier molecular flexibility index (Phi) is 3.43. The van der Waals surface area contributed by atoms with E-state index < -0.39 is 5.91 Å². The number of halogens is 1. The molecule has 108 valence electrons. The highest BCUT2D eigenvalue weighted by atomic mass is 35.5. The molecule has 0 N–H and O–H groups in total. The first-order chi connectivity index (χ1) is 9.97. The van der Waals surface area contributed by atoms with E-state index in [9.17, 15) is 4.79 Å². The summed E-state index contributed by atoms with van der Waals surface area (Å²) in [4.78, 5) is 16.8. The minimum Gasteiger partial charge on any atom is -0.351 e. The van der Waals surface area contributed by atoms with Crippen LogP contribution >= 0.6 is 22.9 Å². The van der Waals surface area contributed by atoms with Crippen LogP contribution in [-0.2, 0) is 7.05 Å². The zero-order chi connectivity index (χ0) is 15.1. The van der Waals surface area contributed by atoms with Gasteiger partial charge < -0.3 is 9.09 Å². The molecule has 0 saturated heterocycles. The highest BCUT2D eigenvalue weighted by molar-refractivity contribution is 7.17. The van der Waals surface area contributed by atoms with Gasteiger partial charge in [0.1, 0.15) is 0 Å². The van der Waals surface area contributed by atoms with Gasteiger partial charge in [0.2, 0.25) is 5.76 Å². The lowest BCUT2D eigenvalue weighted by molar-refractivity contribution is 0.0962. The third-order valence-electron chi connectivity index (χ3n) is 3.14. The minimum atomic E-state index is -0.452. The summed E-state index contributed by atoms with van der Waals surface area (Å²) in [5.74, 6) is -0.320. The number of nitrogens with zero attached hydrogens (tertiary/aromatic N) is 3. The summed E-state index contributed by atoms with van der Waals surface area (Å²) in [5, 5.41) is 4.35. The number of rotatable bonds is 1. The van der Waals surface area contributed by atoms with E-state index in [4.69, 9.17) is 16.1 Å². The highest BCUT2D eigenvalue weighted by Crippen LogP contribution is 2.28. The summed E-state index contributed by atoms with van der Waals surface area (Å²) in [7, 11) is 1.86. The quantitative estimate of drug-likeness (QED) is 0.691. The Morgan fingerprint density at radius 3 is 2.81 bits per heavy atom. The Balaban J connectivity index is 2.19. The molecule has 0 spiro atoms. The van der Waals surface area contributed by atoms with Crippen molar-refractivity contribution in [1.29, 1.82) is 0 Å². The fourth-order valence-corrected chi connectivity index (χ4v) is 3.49. The van der Waals surface area contributed by atoms with Gasteiger partial charge in [-0.15, -0.1) is 0 Å². The van der Waals surface area contributed by atoms with Crippen molar-refractivity contribution >= 4 is 39.1 Å². The number of hydrogen-bond acceptors (Lipinski definition) is 4. The molecule has 0 aliphatic carbocycles. The molecular formula is C14H12ClN3O2S. The maximum atomic E-state index is 12.1. The predicted molar refractivity (Wildman–Crippen MR) is 81.7 cm³/mol. The van der Waals surface area contributed by atoms with Gasteiger partial charge in [0.05, 0.1) is 20.9 Å². The van der Waals surface area contributed by atoms with Crippen LogP contribution in [0.3, 0.4) is 0 Å². The maximum Gasteiger partial charge on any atom is 0.318 e. The Hall–Kier alpha value is -1.92. The van der Waals surface area contributed by atoms with Crippen molar-refractivity contribution in [2.24, 2.45) is 12.0 Å². The van der Waals surface area contributed by atoms with Crippen LogP contribution < -0.4 is 4.80 Å². The zero-order valence-electron chi connectivity index (χ0n) is 11.7. The standard InChI is InChI=1S/C14H12ClN3O2S/c1-7-4-5-9(15)12-11(7)18(3)14(21-12)16-13(19)10-6-8(2)17-20-10/h4-6H,1-3H3. The molecule has 0 fully saturated rings. The van der Waals surface area contributed by atoms with Crippen LogP contribution in [0.4, 0.5) is 0 Å². The molecule has 0 atom stereocenters. The van der Waals surface area contributed by atoms with E-state index in [1.807, 2.05) is 30.7 Å². The van der Waals surface area contributed by atoms with Gasteiger partial charge in [-0.1, -0.05) is 34.2 Å². The van der Waals surface area contributed by atoms with Crippen LogP contribution in [0, 0.1) is 13.8 Å². The molecule has 0 aliphatic rings. The fraction of sp³-hybridized carbons (Fsp3) is 0.214. The second kappa shape index (κ2) is 5.13. The summed E-state index contributed by atoms with van der Waals surface area (Å²) in [6, 6.07) is 5.36. The third-order valence-corrected chi connectivity index (χ3v) is 4.73. The molecular weight excluding hydrogens is 310 g/mol. The molecule has 3 rings (SSSR count). The molecule has 2 aromatic heterocycles. The smallest absolute Gasteiger partial charge is 0.318 e. The molecule has 1 aromatic carbocycles. The summed E-state index contributed by atoms with van der Waals surface area (Å²) in [6.45, 7) is 3.75. The summed E-state index contributed by atoms with van der Waals surface area (Å²) >= 11 is 7.59. The number of aryl methyl sites for hydroxylation is 3. The van der Waals surface area contributed by atoms with Crippen molar-refractivity contribution in [1.82, 2.24) is 9.72 Å². The average molecular weight is 322 g/mol. The van der Waals surface area contributed by atoms with E-state index >= 15 is 0 Å². The highest BCUT2D eigenvalue weighted by Gasteiger charge is 2.13. The van der Waals surface area contributed by atoms with E-state index in [-0.39, 0.29) is 5.76 Å². The Labute approximate surface area is 129 Å². The maximum absolute atomic E-state index is 12.1. The van der Waals surface area contributed by atoms with E-state index in [2.05, 4.69) is 10.1 Å². The van der Waals surface area contributed by atoms with Crippen molar-refractivity contribution in [2.75, 3.05) is 0 Å². The molecule has 1 amide bonds. The van der Waals surface area contributed by atoms with Crippen LogP contribution in [0.2, 0.25) is 5.02 Å². The molecule has 0 aliphatic heterocycles. The monoisotopic (exact) mass is 321 g/mol. The van der Waals surface area contributed by atoms with Crippen LogP contribution in [0.25, 0.3) is 10.2 Å². The first-order valence-electron chi connectivity index (χ1n) is 6.24. The Morgan fingerprint density at radius 2 is 2.19 bits per heavy atom. The van der Waals surface area contributed by atoms with Gasteiger partial charge in [0, 0.05) is 13.1 Å². The van der Waals surface area contributed by atoms with Crippen LogP contribution in [0.5, 0.6) is 0 Å². The summed E-state index contributed by atoms with van der Waals surface area (Å²) in [5.41, 5.74) is 2.71. The van der Waals surface area contributed by atoms with Crippen LogP contribution in [0.15, 0.2) is 27.7 Å². The number of thiazole rings is 1. The molecule has 2 heterocycles. The Morgan fingerprint density at radius 1 is 1.43 bits per heavy atom. The predicted octanol–water partition coefficient (Wildman–Crippen LogP) is 3.24. The lowest BCUT2D eigenvalue weighted by atomic mass is 10.2. The van der Waals surface area contributed by atoms with Gasteiger partial charge in [0.25, 0.3) is 0 Å². The van der Waals surface area contributed by atoms with Gasteiger partial charge in [-0.05, 0) is 25.5 Å². The lowest BCUT2D eigenvalue weighted by Gasteiger charge is -2.00. The third kappa shape index (κ3) is 2.41. The van der Waals surface area contributed by atoms with Crippen LogP contribution in [-0.4, -0.2) is 15.6 Å². The lowest BCUT2D eigenvalue weighted by Crippen LogP contribution is -2.13. The second-order valence-electron chi connectivity index (χ2n) is 4.74. The minimum absolute atomic E-state index is 0.132. The zero-order valence-corrected chi connectivity index (χ0v) is 13.2. The normalized spacial score (nSPS) is 12.3. The number of fused-ring (bicyclic) bond motifs is 1.